The van der Waals surface area contributed by atoms with Crippen LogP contribution in [0, 0.1) is 13.8 Å². The lowest BCUT2D eigenvalue weighted by atomic mass is 9.92. The lowest BCUT2D eigenvalue weighted by Gasteiger charge is -2.13. The van der Waals surface area contributed by atoms with Crippen molar-refractivity contribution in [2.24, 2.45) is 0 Å². The molecule has 0 amide bonds. The number of ether oxygens (including phenoxy) is 1. The Bertz CT molecular complexity index is 796. The first kappa shape index (κ1) is 18.5. The number of benzene rings is 1. The Morgan fingerprint density at radius 2 is 1.96 bits per heavy atom. The Morgan fingerprint density at radius 3 is 2.58 bits per heavy atom. The molecule has 0 aliphatic carbocycles. The van der Waals surface area contributed by atoms with Gasteiger partial charge in [0.05, 0.1) is 12.4 Å². The van der Waals surface area contributed by atoms with E-state index in [1.165, 1.54) is 17.4 Å². The van der Waals surface area contributed by atoms with Gasteiger partial charge in [-0.1, -0.05) is 36.1 Å². The van der Waals surface area contributed by atoms with Crippen LogP contribution in [0.3, 0.4) is 0 Å². The van der Waals surface area contributed by atoms with Crippen LogP contribution >= 0.6 is 0 Å². The molecule has 0 unspecified atom stereocenters. The zero-order chi connectivity index (χ0) is 17.7. The minimum Gasteiger partial charge on any atom is -0.478 e. The van der Waals surface area contributed by atoms with E-state index in [0.29, 0.717) is 18.9 Å². The molecule has 24 heavy (non-hydrogen) atoms. The predicted octanol–water partition coefficient (Wildman–Crippen LogP) is 2.31. The second-order valence-electron chi connectivity index (χ2n) is 6.12. The molecule has 2 rings (SSSR count). The number of nitrogens with zero attached hydrogens (tertiary/aromatic N) is 1. The van der Waals surface area contributed by atoms with Gasteiger partial charge >= 0.3 is 0 Å². The highest BCUT2D eigenvalue weighted by atomic mass is 32.2. The topological polar surface area (TPSA) is 56.3 Å². The van der Waals surface area contributed by atoms with Gasteiger partial charge in [0.1, 0.15) is 17.7 Å². The maximum absolute atomic E-state index is 11.1. The quantitative estimate of drug-likeness (QED) is 0.571. The second kappa shape index (κ2) is 7.84. The van der Waals surface area contributed by atoms with Crippen molar-refractivity contribution >= 4 is 17.7 Å². The van der Waals surface area contributed by atoms with Crippen LogP contribution in [0.25, 0.3) is 11.1 Å². The van der Waals surface area contributed by atoms with E-state index < -0.39 is 9.84 Å². The Kier molecular flexibility index (Phi) is 6.05. The molecule has 4 nitrogen and oxygen atoms in total. The maximum Gasteiger partial charge on any atom is 0.213 e. The number of pyridine rings is 1. The summed E-state index contributed by atoms with van der Waals surface area (Å²) in [6.07, 6.45) is 2.71. The van der Waals surface area contributed by atoms with Crippen molar-refractivity contribution in [1.29, 1.82) is 0 Å². The van der Waals surface area contributed by atoms with Gasteiger partial charge in [0.15, 0.2) is 0 Å². The fraction of sp³-hybridized carbons (Fsp3) is 0.389. The third-order valence-electron chi connectivity index (χ3n) is 3.91. The number of aryl methyl sites for hydroxylation is 2. The van der Waals surface area contributed by atoms with Crippen LogP contribution in [-0.2, 0) is 16.2 Å². The molecular weight excluding hydrogens is 321 g/mol. The van der Waals surface area contributed by atoms with Crippen molar-refractivity contribution in [3.05, 3.63) is 47.2 Å². The van der Waals surface area contributed by atoms with Crippen LogP contribution in [0.1, 0.15) is 23.2 Å². The van der Waals surface area contributed by atoms with E-state index in [9.17, 15) is 8.42 Å². The number of rotatable bonds is 7. The lowest BCUT2D eigenvalue weighted by Crippen LogP contribution is -2.09. The molecule has 0 fully saturated rings. The number of aromatic nitrogens is 1. The molecular formula is C18H24BNO3S. The summed E-state index contributed by atoms with van der Waals surface area (Å²) in [5.41, 5.74) is 5.62. The van der Waals surface area contributed by atoms with Gasteiger partial charge in [-0.2, -0.15) is 0 Å². The fourth-order valence-corrected chi connectivity index (χ4v) is 3.39. The molecule has 0 atom stereocenters. The van der Waals surface area contributed by atoms with Crippen molar-refractivity contribution in [1.82, 2.24) is 4.98 Å². The molecule has 0 spiro atoms. The molecule has 1 heterocycles. The molecule has 0 radical (unpaired) electrons. The second-order valence-corrected chi connectivity index (χ2v) is 8.38. The molecule has 0 aliphatic heterocycles. The van der Waals surface area contributed by atoms with Gasteiger partial charge in [0.25, 0.3) is 0 Å². The van der Waals surface area contributed by atoms with Crippen LogP contribution < -0.4 is 4.74 Å². The summed E-state index contributed by atoms with van der Waals surface area (Å²) >= 11 is 0. The Hall–Kier alpha value is -1.82. The third kappa shape index (κ3) is 5.10. The Balaban J connectivity index is 2.16. The van der Waals surface area contributed by atoms with E-state index in [-0.39, 0.29) is 5.75 Å². The first-order valence-electron chi connectivity index (χ1n) is 8.18. The molecule has 0 N–H and O–H groups in total. The van der Waals surface area contributed by atoms with Crippen molar-refractivity contribution in [2.45, 2.75) is 26.6 Å². The summed E-state index contributed by atoms with van der Waals surface area (Å²) in [4.78, 5) is 4.53. The standard InChI is InChI=1S/C18H24BNO3S/c1-13-10-17(23-8-5-9-24(3,21)22)20-14(2)18(13)16-7-4-6-15(11-16)12-19/h4,6-7,10-11H,5,8-9,12,19H2,1-3H3. The highest BCUT2D eigenvalue weighted by Gasteiger charge is 2.11. The Labute approximate surface area is 145 Å². The van der Waals surface area contributed by atoms with Gasteiger partial charge in [-0.25, -0.2) is 13.4 Å². The monoisotopic (exact) mass is 345 g/mol. The summed E-state index contributed by atoms with van der Waals surface area (Å²) < 4.78 is 27.9. The van der Waals surface area contributed by atoms with Gasteiger partial charge in [-0.05, 0) is 31.4 Å². The number of sulfone groups is 1. The molecule has 2 aromatic rings. The van der Waals surface area contributed by atoms with Gasteiger partial charge in [0, 0.05) is 23.6 Å². The van der Waals surface area contributed by atoms with Crippen LogP contribution in [-0.4, -0.2) is 39.9 Å². The minimum atomic E-state index is -2.94. The largest absolute Gasteiger partial charge is 0.478 e. The summed E-state index contributed by atoms with van der Waals surface area (Å²) in [5.74, 6) is 0.682. The van der Waals surface area contributed by atoms with Crippen LogP contribution in [0.5, 0.6) is 5.88 Å². The minimum absolute atomic E-state index is 0.132. The normalized spacial score (nSPS) is 11.5. The van der Waals surface area contributed by atoms with E-state index in [1.807, 2.05) is 19.9 Å². The summed E-state index contributed by atoms with van der Waals surface area (Å²) in [6.45, 7) is 4.37. The van der Waals surface area contributed by atoms with Crippen molar-refractivity contribution in [3.8, 4) is 17.0 Å². The molecule has 1 aromatic heterocycles. The van der Waals surface area contributed by atoms with Crippen LogP contribution in [0.4, 0.5) is 0 Å². The van der Waals surface area contributed by atoms with E-state index in [1.54, 1.807) is 0 Å². The first-order chi connectivity index (χ1) is 11.3. The summed E-state index contributed by atoms with van der Waals surface area (Å²) in [6, 6.07) is 10.4. The fourth-order valence-electron chi connectivity index (χ4n) is 2.75. The summed E-state index contributed by atoms with van der Waals surface area (Å²) in [5, 5.41) is 0. The molecule has 6 heteroatoms. The highest BCUT2D eigenvalue weighted by Crippen LogP contribution is 2.29. The van der Waals surface area contributed by atoms with E-state index in [2.05, 4.69) is 37.1 Å². The number of hydrogen-bond donors (Lipinski definition) is 0. The maximum atomic E-state index is 11.1. The molecule has 0 aliphatic rings. The van der Waals surface area contributed by atoms with Crippen LogP contribution in [0.2, 0.25) is 0 Å². The van der Waals surface area contributed by atoms with Crippen molar-refractivity contribution < 1.29 is 13.2 Å². The molecule has 0 saturated heterocycles. The van der Waals surface area contributed by atoms with Gasteiger partial charge in [-0.15, -0.1) is 0 Å². The zero-order valence-corrected chi connectivity index (χ0v) is 15.6. The molecule has 0 saturated carbocycles. The summed E-state index contributed by atoms with van der Waals surface area (Å²) in [7, 11) is -0.801. The van der Waals surface area contributed by atoms with Crippen molar-refractivity contribution in [2.75, 3.05) is 18.6 Å². The smallest absolute Gasteiger partial charge is 0.213 e. The lowest BCUT2D eigenvalue weighted by molar-refractivity contribution is 0.305. The third-order valence-corrected chi connectivity index (χ3v) is 4.94. The first-order valence-corrected chi connectivity index (χ1v) is 10.2. The highest BCUT2D eigenvalue weighted by molar-refractivity contribution is 7.90. The average molecular weight is 345 g/mol. The van der Waals surface area contributed by atoms with Gasteiger partial charge in [-0.3, -0.25) is 0 Å². The van der Waals surface area contributed by atoms with Crippen molar-refractivity contribution in [3.63, 3.8) is 0 Å². The number of hydrogen-bond acceptors (Lipinski definition) is 4. The Morgan fingerprint density at radius 1 is 1.21 bits per heavy atom. The van der Waals surface area contributed by atoms with E-state index in [4.69, 9.17) is 4.74 Å². The van der Waals surface area contributed by atoms with E-state index in [0.717, 1.165) is 23.1 Å². The van der Waals surface area contributed by atoms with Gasteiger partial charge in [0.2, 0.25) is 5.88 Å². The SMILES string of the molecule is BCc1cccc(-c2c(C)cc(OCCCS(C)(=O)=O)nc2C)c1. The average Bonchev–Trinajstić information content (AvgIpc) is 2.50. The molecule has 128 valence electrons. The molecule has 0 bridgehead atoms. The van der Waals surface area contributed by atoms with E-state index >= 15 is 0 Å². The van der Waals surface area contributed by atoms with Crippen LogP contribution in [0.15, 0.2) is 30.3 Å². The molecule has 1 aromatic carbocycles. The predicted molar refractivity (Wildman–Crippen MR) is 101 cm³/mol. The zero-order valence-electron chi connectivity index (χ0n) is 14.8. The van der Waals surface area contributed by atoms with Gasteiger partial charge < -0.3 is 4.74 Å².